The Morgan fingerprint density at radius 2 is 1.93 bits per heavy atom. The van der Waals surface area contributed by atoms with Crippen LogP contribution >= 0.6 is 0 Å². The monoisotopic (exact) mass is 201 g/mol. The summed E-state index contributed by atoms with van der Waals surface area (Å²) in [6.07, 6.45) is 6.64. The van der Waals surface area contributed by atoms with Gasteiger partial charge in [0, 0.05) is 13.2 Å². The number of methoxy groups -OCH3 is 1. The SMILES string of the molecule is COCCOCC(N)C1CCCCC1. The number of rotatable bonds is 6. The molecule has 14 heavy (non-hydrogen) atoms. The highest BCUT2D eigenvalue weighted by Crippen LogP contribution is 2.25. The zero-order chi connectivity index (χ0) is 10.2. The van der Waals surface area contributed by atoms with E-state index < -0.39 is 0 Å². The molecule has 0 aromatic heterocycles. The first-order valence-corrected chi connectivity index (χ1v) is 5.67. The highest BCUT2D eigenvalue weighted by Gasteiger charge is 2.20. The Morgan fingerprint density at radius 3 is 2.57 bits per heavy atom. The quantitative estimate of drug-likeness (QED) is 0.663. The molecule has 1 aliphatic carbocycles. The van der Waals surface area contributed by atoms with Crippen LogP contribution < -0.4 is 5.73 Å². The summed E-state index contributed by atoms with van der Waals surface area (Å²) >= 11 is 0. The van der Waals surface area contributed by atoms with Gasteiger partial charge in [-0.2, -0.15) is 0 Å². The molecular formula is C11H23NO2. The lowest BCUT2D eigenvalue weighted by molar-refractivity contribution is 0.0524. The Hall–Kier alpha value is -0.120. The van der Waals surface area contributed by atoms with Crippen LogP contribution in [-0.2, 0) is 9.47 Å². The van der Waals surface area contributed by atoms with Crippen LogP contribution in [0.1, 0.15) is 32.1 Å². The van der Waals surface area contributed by atoms with Crippen molar-refractivity contribution in [3.8, 4) is 0 Å². The van der Waals surface area contributed by atoms with Gasteiger partial charge in [0.05, 0.1) is 19.8 Å². The maximum atomic E-state index is 6.06. The topological polar surface area (TPSA) is 44.5 Å². The molecule has 0 spiro atoms. The molecule has 1 fully saturated rings. The van der Waals surface area contributed by atoms with Gasteiger partial charge in [0.2, 0.25) is 0 Å². The van der Waals surface area contributed by atoms with E-state index >= 15 is 0 Å². The van der Waals surface area contributed by atoms with Crippen LogP contribution in [0.5, 0.6) is 0 Å². The Bertz CT molecular complexity index is 135. The van der Waals surface area contributed by atoms with Crippen LogP contribution in [0.2, 0.25) is 0 Å². The zero-order valence-electron chi connectivity index (χ0n) is 9.21. The third kappa shape index (κ3) is 4.40. The van der Waals surface area contributed by atoms with Crippen molar-refractivity contribution in [1.82, 2.24) is 0 Å². The minimum atomic E-state index is 0.229. The lowest BCUT2D eigenvalue weighted by Gasteiger charge is -2.27. The summed E-state index contributed by atoms with van der Waals surface area (Å²) in [6.45, 7) is 2.02. The van der Waals surface area contributed by atoms with Crippen LogP contribution in [0.25, 0.3) is 0 Å². The number of hydrogen-bond donors (Lipinski definition) is 1. The van der Waals surface area contributed by atoms with Gasteiger partial charge in [-0.15, -0.1) is 0 Å². The van der Waals surface area contributed by atoms with E-state index in [0.717, 1.165) is 0 Å². The summed E-state index contributed by atoms with van der Waals surface area (Å²) in [5.41, 5.74) is 6.06. The molecule has 0 amide bonds. The Kier molecular flexibility index (Phi) is 6.15. The minimum absolute atomic E-state index is 0.229. The van der Waals surface area contributed by atoms with Crippen molar-refractivity contribution in [1.29, 1.82) is 0 Å². The molecule has 0 aromatic rings. The molecule has 2 N–H and O–H groups in total. The van der Waals surface area contributed by atoms with Gasteiger partial charge in [0.15, 0.2) is 0 Å². The second-order valence-corrected chi connectivity index (χ2v) is 4.13. The van der Waals surface area contributed by atoms with Crippen molar-refractivity contribution in [3.05, 3.63) is 0 Å². The molecule has 1 unspecified atom stereocenters. The minimum Gasteiger partial charge on any atom is -0.382 e. The van der Waals surface area contributed by atoms with Crippen molar-refractivity contribution < 1.29 is 9.47 Å². The van der Waals surface area contributed by atoms with Crippen LogP contribution in [0.3, 0.4) is 0 Å². The van der Waals surface area contributed by atoms with Crippen molar-refractivity contribution in [3.63, 3.8) is 0 Å². The summed E-state index contributed by atoms with van der Waals surface area (Å²) in [4.78, 5) is 0. The predicted molar refractivity (Wildman–Crippen MR) is 57.2 cm³/mol. The number of ether oxygens (including phenoxy) is 2. The summed E-state index contributed by atoms with van der Waals surface area (Å²) < 4.78 is 10.3. The predicted octanol–water partition coefficient (Wildman–Crippen LogP) is 1.56. The van der Waals surface area contributed by atoms with E-state index in [4.69, 9.17) is 15.2 Å². The highest BCUT2D eigenvalue weighted by atomic mass is 16.5. The average molecular weight is 201 g/mol. The van der Waals surface area contributed by atoms with Gasteiger partial charge in [-0.25, -0.2) is 0 Å². The molecule has 1 aliphatic rings. The molecule has 84 valence electrons. The van der Waals surface area contributed by atoms with Gasteiger partial charge in [-0.3, -0.25) is 0 Å². The van der Waals surface area contributed by atoms with E-state index in [-0.39, 0.29) is 6.04 Å². The maximum absolute atomic E-state index is 6.06. The van der Waals surface area contributed by atoms with Crippen LogP contribution in [0.4, 0.5) is 0 Å². The smallest absolute Gasteiger partial charge is 0.0701 e. The lowest BCUT2D eigenvalue weighted by Crippen LogP contribution is -2.36. The summed E-state index contributed by atoms with van der Waals surface area (Å²) in [5, 5.41) is 0. The van der Waals surface area contributed by atoms with Gasteiger partial charge in [-0.1, -0.05) is 19.3 Å². The van der Waals surface area contributed by atoms with Crippen LogP contribution in [0.15, 0.2) is 0 Å². The Labute approximate surface area is 86.9 Å². The first-order valence-electron chi connectivity index (χ1n) is 5.67. The van der Waals surface area contributed by atoms with Gasteiger partial charge < -0.3 is 15.2 Å². The molecule has 3 heteroatoms. The highest BCUT2D eigenvalue weighted by molar-refractivity contribution is 4.75. The molecule has 0 heterocycles. The lowest BCUT2D eigenvalue weighted by atomic mass is 9.84. The molecular weight excluding hydrogens is 178 g/mol. The van der Waals surface area contributed by atoms with Gasteiger partial charge >= 0.3 is 0 Å². The number of nitrogens with two attached hydrogens (primary N) is 1. The van der Waals surface area contributed by atoms with Gasteiger partial charge in [0.25, 0.3) is 0 Å². The van der Waals surface area contributed by atoms with Crippen molar-refractivity contribution in [2.75, 3.05) is 26.9 Å². The molecule has 1 saturated carbocycles. The Morgan fingerprint density at radius 1 is 1.21 bits per heavy atom. The van der Waals surface area contributed by atoms with Gasteiger partial charge in [0.1, 0.15) is 0 Å². The third-order valence-electron chi connectivity index (χ3n) is 3.00. The van der Waals surface area contributed by atoms with E-state index in [2.05, 4.69) is 0 Å². The van der Waals surface area contributed by atoms with E-state index in [1.807, 2.05) is 0 Å². The van der Waals surface area contributed by atoms with Crippen LogP contribution in [0, 0.1) is 5.92 Å². The molecule has 1 rings (SSSR count). The van der Waals surface area contributed by atoms with Gasteiger partial charge in [-0.05, 0) is 18.8 Å². The standard InChI is InChI=1S/C11H23NO2/c1-13-7-8-14-9-11(12)10-5-3-2-4-6-10/h10-11H,2-9,12H2,1H3. The van der Waals surface area contributed by atoms with Crippen LogP contribution in [-0.4, -0.2) is 33.0 Å². The number of hydrogen-bond acceptors (Lipinski definition) is 3. The second-order valence-electron chi connectivity index (χ2n) is 4.13. The maximum Gasteiger partial charge on any atom is 0.0701 e. The largest absolute Gasteiger partial charge is 0.382 e. The molecule has 0 saturated heterocycles. The van der Waals surface area contributed by atoms with E-state index in [0.29, 0.717) is 25.7 Å². The molecule has 0 radical (unpaired) electrons. The molecule has 0 aliphatic heterocycles. The third-order valence-corrected chi connectivity index (χ3v) is 3.00. The second kappa shape index (κ2) is 7.21. The summed E-state index contributed by atoms with van der Waals surface area (Å²) in [6, 6.07) is 0.229. The fraction of sp³-hybridized carbons (Fsp3) is 1.00. The van der Waals surface area contributed by atoms with E-state index in [1.165, 1.54) is 32.1 Å². The fourth-order valence-corrected chi connectivity index (χ4v) is 2.06. The first-order chi connectivity index (χ1) is 6.84. The fourth-order valence-electron chi connectivity index (χ4n) is 2.06. The summed E-state index contributed by atoms with van der Waals surface area (Å²) in [5.74, 6) is 0.686. The molecule has 3 nitrogen and oxygen atoms in total. The molecule has 1 atom stereocenters. The summed E-state index contributed by atoms with van der Waals surface area (Å²) in [7, 11) is 1.68. The zero-order valence-corrected chi connectivity index (χ0v) is 9.21. The van der Waals surface area contributed by atoms with Crippen molar-refractivity contribution in [2.45, 2.75) is 38.1 Å². The van der Waals surface area contributed by atoms with E-state index in [9.17, 15) is 0 Å². The van der Waals surface area contributed by atoms with Crippen molar-refractivity contribution in [2.24, 2.45) is 11.7 Å². The Balaban J connectivity index is 2.04. The van der Waals surface area contributed by atoms with Crippen molar-refractivity contribution >= 4 is 0 Å². The molecule has 0 bridgehead atoms. The first kappa shape index (κ1) is 12.0. The molecule has 0 aromatic carbocycles. The average Bonchev–Trinajstić information content (AvgIpc) is 2.25. The van der Waals surface area contributed by atoms with E-state index in [1.54, 1.807) is 7.11 Å². The normalized spacial score (nSPS) is 21.0.